The molecule has 0 bridgehead atoms. The summed E-state index contributed by atoms with van der Waals surface area (Å²) >= 11 is 3.82. The largest absolute Gasteiger partial charge is 0.314 e. The molecule has 0 spiro atoms. The first kappa shape index (κ1) is 8.81. The van der Waals surface area contributed by atoms with Gasteiger partial charge in [-0.15, -0.1) is 12.6 Å². The lowest BCUT2D eigenvalue weighted by atomic mass is 10.2. The number of halogens is 1. The third-order valence-corrected chi connectivity index (χ3v) is 1.82. The van der Waals surface area contributed by atoms with Crippen LogP contribution in [0.3, 0.4) is 0 Å². The molecule has 0 amide bonds. The molecule has 1 N–H and O–H groups in total. The Labute approximate surface area is 73.3 Å². The van der Waals surface area contributed by atoms with Crippen LogP contribution in [-0.2, 0) is 0 Å². The van der Waals surface area contributed by atoms with Crippen molar-refractivity contribution in [3.05, 3.63) is 27.3 Å². The van der Waals surface area contributed by atoms with Crippen LogP contribution in [0.5, 0.6) is 0 Å². The SMILES string of the molecule is Cc1c(C#N)c(S)[nH]c(=O)c1F. The molecule has 0 saturated carbocycles. The first-order valence-corrected chi connectivity index (χ1v) is 3.54. The second-order valence-electron chi connectivity index (χ2n) is 2.23. The van der Waals surface area contributed by atoms with E-state index in [-0.39, 0.29) is 16.2 Å². The molecular weight excluding hydrogens is 179 g/mol. The zero-order chi connectivity index (χ0) is 9.30. The van der Waals surface area contributed by atoms with Crippen LogP contribution in [0.4, 0.5) is 4.39 Å². The summed E-state index contributed by atoms with van der Waals surface area (Å²) in [6, 6.07) is 1.75. The van der Waals surface area contributed by atoms with E-state index >= 15 is 0 Å². The lowest BCUT2D eigenvalue weighted by Crippen LogP contribution is -2.14. The summed E-state index contributed by atoms with van der Waals surface area (Å²) in [5.41, 5.74) is -0.752. The normalized spacial score (nSPS) is 9.50. The smallest absolute Gasteiger partial charge is 0.285 e. The molecule has 1 rings (SSSR count). The molecule has 0 unspecified atom stereocenters. The fourth-order valence-electron chi connectivity index (χ4n) is 0.819. The van der Waals surface area contributed by atoms with Gasteiger partial charge in [0.15, 0.2) is 5.82 Å². The quantitative estimate of drug-likeness (QED) is 0.590. The summed E-state index contributed by atoms with van der Waals surface area (Å²) in [5, 5.41) is 8.63. The van der Waals surface area contributed by atoms with E-state index in [2.05, 4.69) is 17.6 Å². The summed E-state index contributed by atoms with van der Waals surface area (Å²) in [6.07, 6.45) is 0. The number of pyridine rings is 1. The number of nitrogens with one attached hydrogen (secondary N) is 1. The van der Waals surface area contributed by atoms with Crippen LogP contribution in [0.1, 0.15) is 11.1 Å². The zero-order valence-electron chi connectivity index (χ0n) is 6.18. The summed E-state index contributed by atoms with van der Waals surface area (Å²) in [4.78, 5) is 12.8. The third-order valence-electron chi connectivity index (χ3n) is 1.48. The molecule has 3 nitrogen and oxygen atoms in total. The molecule has 1 aromatic rings. The van der Waals surface area contributed by atoms with Crippen molar-refractivity contribution in [3.8, 4) is 6.07 Å². The molecule has 0 aliphatic heterocycles. The highest BCUT2D eigenvalue weighted by molar-refractivity contribution is 7.80. The van der Waals surface area contributed by atoms with Crippen molar-refractivity contribution in [1.29, 1.82) is 5.26 Å². The number of aromatic nitrogens is 1. The van der Waals surface area contributed by atoms with Gasteiger partial charge in [0, 0.05) is 5.56 Å². The van der Waals surface area contributed by atoms with E-state index in [1.54, 1.807) is 6.07 Å². The van der Waals surface area contributed by atoms with Crippen LogP contribution in [0.2, 0.25) is 0 Å². The van der Waals surface area contributed by atoms with Crippen LogP contribution in [-0.4, -0.2) is 4.98 Å². The van der Waals surface area contributed by atoms with E-state index in [1.807, 2.05) is 0 Å². The Bertz CT molecular complexity index is 419. The van der Waals surface area contributed by atoms with Gasteiger partial charge in [-0.2, -0.15) is 5.26 Å². The minimum Gasteiger partial charge on any atom is -0.314 e. The van der Waals surface area contributed by atoms with Crippen LogP contribution < -0.4 is 5.56 Å². The van der Waals surface area contributed by atoms with Gasteiger partial charge in [0.2, 0.25) is 0 Å². The minimum atomic E-state index is -0.927. The molecule has 0 aliphatic rings. The third kappa shape index (κ3) is 1.21. The molecule has 5 heteroatoms. The number of thiol groups is 1. The Morgan fingerprint density at radius 2 is 2.25 bits per heavy atom. The first-order valence-electron chi connectivity index (χ1n) is 3.09. The highest BCUT2D eigenvalue weighted by atomic mass is 32.1. The van der Waals surface area contributed by atoms with Crippen molar-refractivity contribution in [2.45, 2.75) is 11.9 Å². The number of nitrogens with zero attached hydrogens (tertiary/aromatic N) is 1. The van der Waals surface area contributed by atoms with Crippen molar-refractivity contribution in [2.75, 3.05) is 0 Å². The fourth-order valence-corrected chi connectivity index (χ4v) is 1.14. The Kier molecular flexibility index (Phi) is 2.20. The maximum absolute atomic E-state index is 12.8. The lowest BCUT2D eigenvalue weighted by Gasteiger charge is -2.00. The molecule has 62 valence electrons. The van der Waals surface area contributed by atoms with Gasteiger partial charge in [0.25, 0.3) is 5.56 Å². The second kappa shape index (κ2) is 2.99. The molecule has 0 aliphatic carbocycles. The molecular formula is C7H5FN2OS. The predicted molar refractivity (Wildman–Crippen MR) is 43.7 cm³/mol. The van der Waals surface area contributed by atoms with Crippen LogP contribution >= 0.6 is 12.6 Å². The Balaban J connectivity index is 3.66. The van der Waals surface area contributed by atoms with Crippen molar-refractivity contribution in [1.82, 2.24) is 4.98 Å². The number of nitriles is 1. The van der Waals surface area contributed by atoms with Crippen molar-refractivity contribution >= 4 is 12.6 Å². The van der Waals surface area contributed by atoms with E-state index in [1.165, 1.54) is 6.92 Å². The molecule has 0 saturated heterocycles. The molecule has 1 aromatic heterocycles. The average molecular weight is 184 g/mol. The van der Waals surface area contributed by atoms with Crippen LogP contribution in [0.15, 0.2) is 9.82 Å². The predicted octanol–water partition coefficient (Wildman–Crippen LogP) is 0.983. The van der Waals surface area contributed by atoms with Gasteiger partial charge >= 0.3 is 0 Å². The Morgan fingerprint density at radius 1 is 1.67 bits per heavy atom. The van der Waals surface area contributed by atoms with Gasteiger partial charge < -0.3 is 4.98 Å². The second-order valence-corrected chi connectivity index (χ2v) is 2.68. The van der Waals surface area contributed by atoms with Crippen molar-refractivity contribution in [3.63, 3.8) is 0 Å². The van der Waals surface area contributed by atoms with E-state index in [4.69, 9.17) is 5.26 Å². The molecule has 0 radical (unpaired) electrons. The van der Waals surface area contributed by atoms with Gasteiger partial charge in [0.05, 0.1) is 10.6 Å². The van der Waals surface area contributed by atoms with Gasteiger partial charge in [-0.3, -0.25) is 4.79 Å². The number of H-pyrrole nitrogens is 1. The molecule has 1 heterocycles. The maximum atomic E-state index is 12.8. The van der Waals surface area contributed by atoms with Crippen LogP contribution in [0.25, 0.3) is 0 Å². The van der Waals surface area contributed by atoms with E-state index in [0.717, 1.165) is 0 Å². The van der Waals surface area contributed by atoms with Gasteiger partial charge in [-0.1, -0.05) is 0 Å². The standard InChI is InChI=1S/C7H5FN2OS/c1-3-4(2-9)7(12)10-6(11)5(3)8/h1H3,(H2,10,11,12). The summed E-state index contributed by atoms with van der Waals surface area (Å²) in [6.45, 7) is 1.36. The van der Waals surface area contributed by atoms with Crippen LogP contribution in [0, 0.1) is 24.1 Å². The highest BCUT2D eigenvalue weighted by Gasteiger charge is 2.11. The monoisotopic (exact) mass is 184 g/mol. The first-order chi connectivity index (χ1) is 5.57. The molecule has 0 atom stereocenters. The van der Waals surface area contributed by atoms with Gasteiger partial charge in [-0.25, -0.2) is 4.39 Å². The topological polar surface area (TPSA) is 56.6 Å². The number of rotatable bonds is 0. The van der Waals surface area contributed by atoms with Crippen molar-refractivity contribution in [2.24, 2.45) is 0 Å². The molecule has 0 aromatic carbocycles. The number of hydrogen-bond donors (Lipinski definition) is 2. The summed E-state index contributed by atoms with van der Waals surface area (Å²) in [7, 11) is 0. The van der Waals surface area contributed by atoms with E-state index in [9.17, 15) is 9.18 Å². The van der Waals surface area contributed by atoms with E-state index < -0.39 is 11.4 Å². The van der Waals surface area contributed by atoms with Crippen molar-refractivity contribution < 1.29 is 4.39 Å². The molecule has 12 heavy (non-hydrogen) atoms. The molecule has 0 fully saturated rings. The lowest BCUT2D eigenvalue weighted by molar-refractivity contribution is 0.593. The Morgan fingerprint density at radius 3 is 2.75 bits per heavy atom. The zero-order valence-corrected chi connectivity index (χ0v) is 7.08. The maximum Gasteiger partial charge on any atom is 0.285 e. The fraction of sp³-hybridized carbons (Fsp3) is 0.143. The Hall–Kier alpha value is -1.28. The minimum absolute atomic E-state index is 0.0336. The summed E-state index contributed by atoms with van der Waals surface area (Å²) in [5.74, 6) is -0.927. The van der Waals surface area contributed by atoms with Gasteiger partial charge in [0.1, 0.15) is 6.07 Å². The number of hydrogen-bond acceptors (Lipinski definition) is 3. The summed E-state index contributed by atoms with van der Waals surface area (Å²) < 4.78 is 12.8. The van der Waals surface area contributed by atoms with Gasteiger partial charge in [-0.05, 0) is 6.92 Å². The van der Waals surface area contributed by atoms with E-state index in [0.29, 0.717) is 0 Å². The highest BCUT2D eigenvalue weighted by Crippen LogP contribution is 2.13. The number of aromatic amines is 1. The average Bonchev–Trinajstić information content (AvgIpc) is 2.01.